The van der Waals surface area contributed by atoms with Crippen LogP contribution in [0, 0.1) is 0 Å². The molecule has 1 heteroatoms. The summed E-state index contributed by atoms with van der Waals surface area (Å²) >= 11 is 0. The minimum absolute atomic E-state index is 0.685. The van der Waals surface area contributed by atoms with E-state index >= 15 is 0 Å². The van der Waals surface area contributed by atoms with Gasteiger partial charge in [0, 0.05) is 6.04 Å². The Kier molecular flexibility index (Phi) is 5.25. The molecule has 1 aromatic carbocycles. The van der Waals surface area contributed by atoms with Gasteiger partial charge in [0.15, 0.2) is 0 Å². The molecule has 100 valence electrons. The molecule has 1 atom stereocenters. The van der Waals surface area contributed by atoms with Crippen molar-refractivity contribution >= 4 is 0 Å². The Morgan fingerprint density at radius 1 is 1.22 bits per heavy atom. The normalized spacial score (nSPS) is 17.4. The van der Waals surface area contributed by atoms with Crippen LogP contribution in [-0.2, 0) is 6.42 Å². The first kappa shape index (κ1) is 13.6. The van der Waals surface area contributed by atoms with Gasteiger partial charge in [0.1, 0.15) is 0 Å². The zero-order valence-electron chi connectivity index (χ0n) is 11.9. The van der Waals surface area contributed by atoms with Gasteiger partial charge in [-0.1, -0.05) is 44.0 Å². The maximum Gasteiger partial charge on any atom is 0.00671 e. The first-order valence-corrected chi connectivity index (χ1v) is 7.60. The van der Waals surface area contributed by atoms with Crippen LogP contribution in [-0.4, -0.2) is 13.1 Å². The third kappa shape index (κ3) is 3.35. The van der Waals surface area contributed by atoms with Crippen molar-refractivity contribution in [3.8, 4) is 0 Å². The molecule has 0 saturated heterocycles. The van der Waals surface area contributed by atoms with E-state index in [1.165, 1.54) is 44.9 Å². The summed E-state index contributed by atoms with van der Waals surface area (Å²) in [6.07, 6.45) is 9.31. The Bertz CT molecular complexity index is 354. The molecular weight excluding hydrogens is 218 g/mol. The third-order valence-electron chi connectivity index (χ3n) is 4.41. The Morgan fingerprint density at radius 2 is 2.00 bits per heavy atom. The molecule has 0 amide bonds. The van der Waals surface area contributed by atoms with Gasteiger partial charge in [-0.15, -0.1) is 0 Å². The van der Waals surface area contributed by atoms with Crippen molar-refractivity contribution in [3.63, 3.8) is 0 Å². The molecule has 0 spiro atoms. The molecule has 1 aliphatic carbocycles. The lowest BCUT2D eigenvalue weighted by Crippen LogP contribution is -2.25. The molecule has 2 rings (SSSR count). The second-order valence-corrected chi connectivity index (χ2v) is 5.64. The lowest BCUT2D eigenvalue weighted by Gasteiger charge is -2.28. The molecule has 0 aromatic heterocycles. The van der Waals surface area contributed by atoms with Crippen LogP contribution >= 0.6 is 0 Å². The van der Waals surface area contributed by atoms with Gasteiger partial charge in [0.25, 0.3) is 0 Å². The summed E-state index contributed by atoms with van der Waals surface area (Å²) in [7, 11) is 2.10. The van der Waals surface area contributed by atoms with E-state index in [2.05, 4.69) is 43.6 Å². The molecule has 0 heterocycles. The minimum atomic E-state index is 0.685. The summed E-state index contributed by atoms with van der Waals surface area (Å²) in [4.78, 5) is 0. The van der Waals surface area contributed by atoms with E-state index in [0.29, 0.717) is 6.04 Å². The molecule has 0 bridgehead atoms. The summed E-state index contributed by atoms with van der Waals surface area (Å²) in [6.45, 7) is 2.27. The van der Waals surface area contributed by atoms with Gasteiger partial charge in [0.2, 0.25) is 0 Å². The molecule has 0 aliphatic heterocycles. The summed E-state index contributed by atoms with van der Waals surface area (Å²) in [5, 5.41) is 3.45. The highest BCUT2D eigenvalue weighted by Crippen LogP contribution is 2.38. The van der Waals surface area contributed by atoms with Crippen LogP contribution in [0.5, 0.6) is 0 Å². The summed E-state index contributed by atoms with van der Waals surface area (Å²) in [5.74, 6) is 0.861. The number of nitrogens with one attached hydrogen (secondary N) is 1. The maximum atomic E-state index is 3.45. The highest BCUT2D eigenvalue weighted by atomic mass is 14.9. The van der Waals surface area contributed by atoms with E-state index in [1.54, 1.807) is 11.1 Å². The van der Waals surface area contributed by atoms with Gasteiger partial charge in [-0.25, -0.2) is 0 Å². The average Bonchev–Trinajstić information content (AvgIpc) is 2.34. The summed E-state index contributed by atoms with van der Waals surface area (Å²) in [6, 6.07) is 9.79. The van der Waals surface area contributed by atoms with E-state index in [-0.39, 0.29) is 0 Å². The van der Waals surface area contributed by atoms with Crippen LogP contribution in [0.1, 0.15) is 62.5 Å². The van der Waals surface area contributed by atoms with Gasteiger partial charge in [-0.2, -0.15) is 0 Å². The number of hydrogen-bond donors (Lipinski definition) is 1. The van der Waals surface area contributed by atoms with Crippen molar-refractivity contribution in [1.82, 2.24) is 5.32 Å². The topological polar surface area (TPSA) is 12.0 Å². The molecule has 1 nitrogen and oxygen atoms in total. The van der Waals surface area contributed by atoms with Gasteiger partial charge < -0.3 is 5.32 Å². The van der Waals surface area contributed by atoms with E-state index in [1.807, 2.05) is 0 Å². The number of benzene rings is 1. The van der Waals surface area contributed by atoms with Gasteiger partial charge >= 0.3 is 0 Å². The van der Waals surface area contributed by atoms with E-state index in [4.69, 9.17) is 0 Å². The molecule has 1 aromatic rings. The minimum Gasteiger partial charge on any atom is -0.317 e. The lowest BCUT2D eigenvalue weighted by atomic mass is 9.77. The molecule has 18 heavy (non-hydrogen) atoms. The second kappa shape index (κ2) is 6.94. The van der Waals surface area contributed by atoms with Crippen LogP contribution < -0.4 is 5.32 Å². The van der Waals surface area contributed by atoms with E-state index < -0.39 is 0 Å². The van der Waals surface area contributed by atoms with Gasteiger partial charge in [-0.3, -0.25) is 0 Å². The van der Waals surface area contributed by atoms with Crippen LogP contribution in [0.25, 0.3) is 0 Å². The fourth-order valence-corrected chi connectivity index (χ4v) is 2.99. The predicted molar refractivity (Wildman–Crippen MR) is 79.1 cm³/mol. The number of aryl methyl sites for hydroxylation is 1. The molecule has 0 radical (unpaired) electrons. The van der Waals surface area contributed by atoms with Crippen molar-refractivity contribution in [2.45, 2.75) is 63.8 Å². The quantitative estimate of drug-likeness (QED) is 0.756. The molecule has 1 unspecified atom stereocenters. The van der Waals surface area contributed by atoms with Crippen molar-refractivity contribution in [3.05, 3.63) is 35.4 Å². The molecule has 1 fully saturated rings. The average molecular weight is 245 g/mol. The Morgan fingerprint density at radius 3 is 2.61 bits per heavy atom. The largest absolute Gasteiger partial charge is 0.317 e. The zero-order chi connectivity index (χ0) is 12.8. The van der Waals surface area contributed by atoms with Crippen molar-refractivity contribution in [1.29, 1.82) is 0 Å². The van der Waals surface area contributed by atoms with Crippen molar-refractivity contribution in [2.24, 2.45) is 0 Å². The monoisotopic (exact) mass is 245 g/mol. The number of rotatable bonds is 7. The number of hydrogen-bond acceptors (Lipinski definition) is 1. The first-order valence-electron chi connectivity index (χ1n) is 7.60. The molecule has 1 aliphatic rings. The fourth-order valence-electron chi connectivity index (χ4n) is 2.99. The highest BCUT2D eigenvalue weighted by molar-refractivity contribution is 5.31. The Hall–Kier alpha value is -0.820. The predicted octanol–water partition coefficient (Wildman–Crippen LogP) is 4.27. The summed E-state index contributed by atoms with van der Waals surface area (Å²) < 4.78 is 0. The zero-order valence-corrected chi connectivity index (χ0v) is 11.9. The lowest BCUT2D eigenvalue weighted by molar-refractivity contribution is 0.415. The maximum absolute atomic E-state index is 3.45. The van der Waals surface area contributed by atoms with Crippen LogP contribution in [0.2, 0.25) is 0 Å². The van der Waals surface area contributed by atoms with Crippen LogP contribution in [0.15, 0.2) is 24.3 Å². The van der Waals surface area contributed by atoms with E-state index in [0.717, 1.165) is 5.92 Å². The molecular formula is C17H27N. The van der Waals surface area contributed by atoms with Crippen LogP contribution in [0.3, 0.4) is 0 Å². The van der Waals surface area contributed by atoms with Crippen molar-refractivity contribution < 1.29 is 0 Å². The molecule has 1 saturated carbocycles. The summed E-state index contributed by atoms with van der Waals surface area (Å²) in [5.41, 5.74) is 3.23. The third-order valence-corrected chi connectivity index (χ3v) is 4.41. The smallest absolute Gasteiger partial charge is 0.00671 e. The Balaban J connectivity index is 1.95. The highest BCUT2D eigenvalue weighted by Gasteiger charge is 2.21. The SMILES string of the molecule is CCCC(CCc1ccccc1C1CCC1)NC. The van der Waals surface area contributed by atoms with Crippen LogP contribution in [0.4, 0.5) is 0 Å². The standard InChI is InChI=1S/C17H27N/c1-3-7-16(18-2)13-12-15-8-4-5-11-17(15)14-9-6-10-14/h4-5,8,11,14,16,18H,3,6-7,9-10,12-13H2,1-2H3. The first-order chi connectivity index (χ1) is 8.85. The van der Waals surface area contributed by atoms with Crippen molar-refractivity contribution in [2.75, 3.05) is 7.05 Å². The van der Waals surface area contributed by atoms with Gasteiger partial charge in [0.05, 0.1) is 0 Å². The second-order valence-electron chi connectivity index (χ2n) is 5.64. The Labute approximate surface area is 112 Å². The van der Waals surface area contributed by atoms with Gasteiger partial charge in [-0.05, 0) is 56.2 Å². The van der Waals surface area contributed by atoms with E-state index in [9.17, 15) is 0 Å². The molecule has 1 N–H and O–H groups in total. The fraction of sp³-hybridized carbons (Fsp3) is 0.647.